The minimum absolute atomic E-state index is 0.0225. The summed E-state index contributed by atoms with van der Waals surface area (Å²) >= 11 is 0. The lowest BCUT2D eigenvalue weighted by Gasteiger charge is -2.31. The first-order valence-electron chi connectivity index (χ1n) is 7.81. The Morgan fingerprint density at radius 1 is 1.23 bits per heavy atom. The minimum atomic E-state index is -1.02. The monoisotopic (exact) mass is 314 g/mol. The number of ether oxygens (including phenoxy) is 1. The SMILES string of the molecule is CCOC(=O)C(C)N[C@@H](C)C(=O)N(CC(=O)O)C1CCCC1. The molecule has 1 amide bonds. The normalized spacial score (nSPS) is 17.8. The van der Waals surface area contributed by atoms with E-state index in [4.69, 9.17) is 9.84 Å². The average molecular weight is 314 g/mol. The largest absolute Gasteiger partial charge is 0.480 e. The fraction of sp³-hybridized carbons (Fsp3) is 0.800. The van der Waals surface area contributed by atoms with Gasteiger partial charge in [-0.1, -0.05) is 12.8 Å². The maximum absolute atomic E-state index is 12.5. The molecule has 1 aliphatic carbocycles. The second-order valence-corrected chi connectivity index (χ2v) is 5.66. The van der Waals surface area contributed by atoms with Gasteiger partial charge in [0.2, 0.25) is 5.91 Å². The summed E-state index contributed by atoms with van der Waals surface area (Å²) in [5, 5.41) is 11.9. The Morgan fingerprint density at radius 2 is 1.82 bits per heavy atom. The van der Waals surface area contributed by atoms with Gasteiger partial charge >= 0.3 is 11.9 Å². The maximum atomic E-state index is 12.5. The Balaban J connectivity index is 2.67. The van der Waals surface area contributed by atoms with Crippen LogP contribution in [0.15, 0.2) is 0 Å². The zero-order chi connectivity index (χ0) is 16.7. The van der Waals surface area contributed by atoms with E-state index in [1.54, 1.807) is 20.8 Å². The summed E-state index contributed by atoms with van der Waals surface area (Å²) in [4.78, 5) is 36.6. The molecule has 0 aliphatic heterocycles. The van der Waals surface area contributed by atoms with Crippen molar-refractivity contribution in [3.63, 3.8) is 0 Å². The van der Waals surface area contributed by atoms with Crippen molar-refractivity contribution in [2.75, 3.05) is 13.2 Å². The number of nitrogens with zero attached hydrogens (tertiary/aromatic N) is 1. The van der Waals surface area contributed by atoms with Crippen LogP contribution in [0.1, 0.15) is 46.5 Å². The molecule has 1 aliphatic rings. The van der Waals surface area contributed by atoms with E-state index >= 15 is 0 Å². The molecule has 2 N–H and O–H groups in total. The minimum Gasteiger partial charge on any atom is -0.480 e. The second-order valence-electron chi connectivity index (χ2n) is 5.66. The Morgan fingerprint density at radius 3 is 2.32 bits per heavy atom. The topological polar surface area (TPSA) is 95.9 Å². The van der Waals surface area contributed by atoms with E-state index in [1.807, 2.05) is 0 Å². The van der Waals surface area contributed by atoms with Crippen LogP contribution in [0.5, 0.6) is 0 Å². The number of carbonyl (C=O) groups excluding carboxylic acids is 2. The summed E-state index contributed by atoms with van der Waals surface area (Å²) in [7, 11) is 0. The van der Waals surface area contributed by atoms with E-state index in [1.165, 1.54) is 4.90 Å². The van der Waals surface area contributed by atoms with Crippen LogP contribution in [0.4, 0.5) is 0 Å². The summed E-state index contributed by atoms with van der Waals surface area (Å²) < 4.78 is 4.89. The van der Waals surface area contributed by atoms with Gasteiger partial charge < -0.3 is 14.7 Å². The summed E-state index contributed by atoms with van der Waals surface area (Å²) in [5.41, 5.74) is 0. The maximum Gasteiger partial charge on any atom is 0.323 e. The van der Waals surface area contributed by atoms with Crippen molar-refractivity contribution < 1.29 is 24.2 Å². The first-order chi connectivity index (χ1) is 10.4. The van der Waals surface area contributed by atoms with Gasteiger partial charge in [-0.25, -0.2) is 0 Å². The molecule has 0 aromatic carbocycles. The molecule has 0 saturated heterocycles. The molecule has 1 saturated carbocycles. The quantitative estimate of drug-likeness (QED) is 0.643. The number of carboxylic acid groups (broad SMARTS) is 1. The fourth-order valence-corrected chi connectivity index (χ4v) is 2.78. The van der Waals surface area contributed by atoms with Gasteiger partial charge in [0, 0.05) is 6.04 Å². The van der Waals surface area contributed by atoms with Gasteiger partial charge in [-0.05, 0) is 33.6 Å². The van der Waals surface area contributed by atoms with Crippen molar-refractivity contribution in [1.82, 2.24) is 10.2 Å². The average Bonchev–Trinajstić information content (AvgIpc) is 2.97. The number of aliphatic carboxylic acids is 1. The van der Waals surface area contributed by atoms with Crippen LogP contribution in [0.2, 0.25) is 0 Å². The van der Waals surface area contributed by atoms with E-state index < -0.39 is 24.0 Å². The molecular weight excluding hydrogens is 288 g/mol. The van der Waals surface area contributed by atoms with Gasteiger partial charge in [-0.3, -0.25) is 19.7 Å². The molecule has 0 spiro atoms. The van der Waals surface area contributed by atoms with Crippen molar-refractivity contribution in [3.05, 3.63) is 0 Å². The molecule has 0 bridgehead atoms. The van der Waals surface area contributed by atoms with Gasteiger partial charge in [0.15, 0.2) is 0 Å². The van der Waals surface area contributed by atoms with Crippen LogP contribution < -0.4 is 5.32 Å². The lowest BCUT2D eigenvalue weighted by atomic mass is 10.1. The molecule has 22 heavy (non-hydrogen) atoms. The van der Waals surface area contributed by atoms with Gasteiger partial charge in [0.05, 0.1) is 12.6 Å². The Kier molecular flexibility index (Phi) is 7.31. The summed E-state index contributed by atoms with van der Waals surface area (Å²) in [6.45, 7) is 4.96. The number of hydrogen-bond donors (Lipinski definition) is 2. The fourth-order valence-electron chi connectivity index (χ4n) is 2.78. The van der Waals surface area contributed by atoms with Crippen molar-refractivity contribution in [3.8, 4) is 0 Å². The van der Waals surface area contributed by atoms with Crippen LogP contribution in [0.25, 0.3) is 0 Å². The molecule has 0 aromatic rings. The standard InChI is InChI=1S/C15H26N2O5/c1-4-22-15(21)11(3)16-10(2)14(20)17(9-13(18)19)12-7-5-6-8-12/h10-12,16H,4-9H2,1-3H3,(H,18,19)/t10-,11?/m0/s1. The molecule has 126 valence electrons. The third-order valence-corrected chi connectivity index (χ3v) is 3.86. The number of amides is 1. The number of nitrogens with one attached hydrogen (secondary N) is 1. The highest BCUT2D eigenvalue weighted by molar-refractivity contribution is 5.86. The third-order valence-electron chi connectivity index (χ3n) is 3.86. The van der Waals surface area contributed by atoms with Crippen LogP contribution >= 0.6 is 0 Å². The van der Waals surface area contributed by atoms with Gasteiger partial charge in [-0.15, -0.1) is 0 Å². The first kappa shape index (κ1) is 18.4. The van der Waals surface area contributed by atoms with Crippen LogP contribution in [0, 0.1) is 0 Å². The summed E-state index contributed by atoms with van der Waals surface area (Å²) in [5.74, 6) is -1.73. The van der Waals surface area contributed by atoms with Gasteiger partial charge in [0.25, 0.3) is 0 Å². The van der Waals surface area contributed by atoms with Crippen LogP contribution in [0.3, 0.4) is 0 Å². The number of hydrogen-bond acceptors (Lipinski definition) is 5. The molecular formula is C15H26N2O5. The zero-order valence-corrected chi connectivity index (χ0v) is 13.5. The third kappa shape index (κ3) is 5.29. The van der Waals surface area contributed by atoms with Crippen LogP contribution in [-0.4, -0.2) is 59.1 Å². The Bertz CT molecular complexity index is 407. The predicted octanol–water partition coefficient (Wildman–Crippen LogP) is 0.772. The van der Waals surface area contributed by atoms with E-state index in [0.717, 1.165) is 25.7 Å². The van der Waals surface area contributed by atoms with Gasteiger partial charge in [0.1, 0.15) is 12.6 Å². The number of rotatable bonds is 8. The highest BCUT2D eigenvalue weighted by Gasteiger charge is 2.32. The summed E-state index contributed by atoms with van der Waals surface area (Å²) in [6.07, 6.45) is 3.68. The number of carbonyl (C=O) groups is 3. The molecule has 7 nitrogen and oxygen atoms in total. The van der Waals surface area contributed by atoms with E-state index in [2.05, 4.69) is 5.32 Å². The second kappa shape index (κ2) is 8.73. The molecule has 1 fully saturated rings. The van der Waals surface area contributed by atoms with Crippen molar-refractivity contribution in [2.24, 2.45) is 0 Å². The van der Waals surface area contributed by atoms with E-state index in [9.17, 15) is 14.4 Å². The Labute approximate surface area is 131 Å². The highest BCUT2D eigenvalue weighted by atomic mass is 16.5. The molecule has 0 heterocycles. The lowest BCUT2D eigenvalue weighted by molar-refractivity contribution is -0.149. The molecule has 0 radical (unpaired) electrons. The molecule has 1 unspecified atom stereocenters. The summed E-state index contributed by atoms with van der Waals surface area (Å²) in [6, 6.07) is -1.28. The molecule has 2 atom stereocenters. The predicted molar refractivity (Wildman–Crippen MR) is 80.3 cm³/mol. The molecule has 7 heteroatoms. The Hall–Kier alpha value is -1.63. The zero-order valence-electron chi connectivity index (χ0n) is 13.5. The van der Waals surface area contributed by atoms with Crippen molar-refractivity contribution >= 4 is 17.8 Å². The molecule has 0 aromatic heterocycles. The van der Waals surface area contributed by atoms with E-state index in [0.29, 0.717) is 0 Å². The van der Waals surface area contributed by atoms with Gasteiger partial charge in [-0.2, -0.15) is 0 Å². The number of carboxylic acids is 1. The van der Waals surface area contributed by atoms with Crippen molar-refractivity contribution in [1.29, 1.82) is 0 Å². The van der Waals surface area contributed by atoms with E-state index in [-0.39, 0.29) is 25.1 Å². The smallest absolute Gasteiger partial charge is 0.323 e. The first-order valence-corrected chi connectivity index (χ1v) is 7.81. The highest BCUT2D eigenvalue weighted by Crippen LogP contribution is 2.24. The lowest BCUT2D eigenvalue weighted by Crippen LogP contribution is -2.53. The molecule has 1 rings (SSSR count). The number of esters is 1. The van der Waals surface area contributed by atoms with Crippen molar-refractivity contribution in [2.45, 2.75) is 64.6 Å². The van der Waals surface area contributed by atoms with Crippen LogP contribution in [-0.2, 0) is 19.1 Å².